The van der Waals surface area contributed by atoms with Crippen LogP contribution < -0.4 is 0 Å². The standard InChI is InChI=1S/C4H4O2/c1-2-4(6)3-5/h2-3H,1H2. The summed E-state index contributed by atoms with van der Waals surface area (Å²) in [5, 5.41) is 0. The van der Waals surface area contributed by atoms with Crippen molar-refractivity contribution in [2.75, 3.05) is 0 Å². The maximum Gasteiger partial charge on any atom is 0.217 e. The molecule has 0 saturated carbocycles. The van der Waals surface area contributed by atoms with Gasteiger partial charge in [0.1, 0.15) is 0 Å². The fourth-order valence-corrected chi connectivity index (χ4v) is 0.0481. The second-order valence-corrected chi connectivity index (χ2v) is 0.724. The average Bonchev–Trinajstić information content (AvgIpc) is 1.65. The highest BCUT2D eigenvalue weighted by Gasteiger charge is 1.82. The van der Waals surface area contributed by atoms with E-state index in [2.05, 4.69) is 6.58 Å². The van der Waals surface area contributed by atoms with E-state index in [1.807, 2.05) is 0 Å². The highest BCUT2D eigenvalue weighted by molar-refractivity contribution is 6.30. The van der Waals surface area contributed by atoms with Crippen LogP contribution in [-0.2, 0) is 9.59 Å². The Labute approximate surface area is 35.5 Å². The summed E-state index contributed by atoms with van der Waals surface area (Å²) < 4.78 is 0. The zero-order valence-electron chi connectivity index (χ0n) is 3.18. The second kappa shape index (κ2) is 2.33. The Bertz CT molecular complexity index is 73.5. The summed E-state index contributed by atoms with van der Waals surface area (Å²) in [5.41, 5.74) is 0. The minimum atomic E-state index is -0.574. The molecular weight excluding hydrogens is 80.0 g/mol. The van der Waals surface area contributed by atoms with Crippen LogP contribution in [0, 0.1) is 0 Å². The molecule has 0 aromatic rings. The monoisotopic (exact) mass is 84.0 g/mol. The zero-order chi connectivity index (χ0) is 4.99. The van der Waals surface area contributed by atoms with E-state index in [9.17, 15) is 9.59 Å². The van der Waals surface area contributed by atoms with Crippen LogP contribution in [0.5, 0.6) is 0 Å². The van der Waals surface area contributed by atoms with Gasteiger partial charge in [-0.15, -0.1) is 0 Å². The summed E-state index contributed by atoms with van der Waals surface area (Å²) >= 11 is 0. The van der Waals surface area contributed by atoms with E-state index in [1.165, 1.54) is 0 Å². The van der Waals surface area contributed by atoms with E-state index in [1.54, 1.807) is 0 Å². The van der Waals surface area contributed by atoms with Gasteiger partial charge >= 0.3 is 0 Å². The van der Waals surface area contributed by atoms with Crippen LogP contribution >= 0.6 is 0 Å². The van der Waals surface area contributed by atoms with Gasteiger partial charge in [0.05, 0.1) is 0 Å². The van der Waals surface area contributed by atoms with Gasteiger partial charge in [0, 0.05) is 0 Å². The van der Waals surface area contributed by atoms with Crippen molar-refractivity contribution in [3.8, 4) is 0 Å². The SMILES string of the molecule is C=CC(=O)C=O. The van der Waals surface area contributed by atoms with Gasteiger partial charge in [-0.25, -0.2) is 0 Å². The summed E-state index contributed by atoms with van der Waals surface area (Å²) in [6.07, 6.45) is 1.18. The number of hydrogen-bond acceptors (Lipinski definition) is 2. The predicted octanol–water partition coefficient (Wildman–Crippen LogP) is -0.0596. The first-order valence-electron chi connectivity index (χ1n) is 1.43. The van der Waals surface area contributed by atoms with Crippen molar-refractivity contribution in [2.24, 2.45) is 0 Å². The first-order valence-corrected chi connectivity index (χ1v) is 1.43. The first-order chi connectivity index (χ1) is 2.81. The minimum absolute atomic E-state index is 0.215. The summed E-state index contributed by atoms with van der Waals surface area (Å²) in [5.74, 6) is -0.574. The highest BCUT2D eigenvalue weighted by Crippen LogP contribution is 1.58. The van der Waals surface area contributed by atoms with Crippen LogP contribution in [0.25, 0.3) is 0 Å². The molecule has 6 heavy (non-hydrogen) atoms. The lowest BCUT2D eigenvalue weighted by Gasteiger charge is -1.63. The Kier molecular flexibility index (Phi) is 1.97. The Morgan fingerprint density at radius 1 is 1.67 bits per heavy atom. The molecule has 2 nitrogen and oxygen atoms in total. The largest absolute Gasteiger partial charge is 0.294 e. The van der Waals surface area contributed by atoms with Crippen LogP contribution in [0.4, 0.5) is 0 Å². The van der Waals surface area contributed by atoms with Crippen LogP contribution in [0.2, 0.25) is 0 Å². The average molecular weight is 84.1 g/mol. The first kappa shape index (κ1) is 5.08. The maximum absolute atomic E-state index is 9.69. The molecule has 0 N–H and O–H groups in total. The number of hydrogen-bond donors (Lipinski definition) is 0. The van der Waals surface area contributed by atoms with E-state index in [0.717, 1.165) is 6.08 Å². The highest BCUT2D eigenvalue weighted by atomic mass is 16.2. The maximum atomic E-state index is 9.69. The molecule has 0 bridgehead atoms. The summed E-state index contributed by atoms with van der Waals surface area (Å²) in [4.78, 5) is 19.0. The second-order valence-electron chi connectivity index (χ2n) is 0.724. The molecule has 0 unspecified atom stereocenters. The molecule has 0 aliphatic rings. The predicted molar refractivity (Wildman–Crippen MR) is 21.3 cm³/mol. The molecule has 0 aromatic carbocycles. The smallest absolute Gasteiger partial charge is 0.217 e. The molecule has 32 valence electrons. The molecule has 2 heteroatoms. The third-order valence-electron chi connectivity index (χ3n) is 0.317. The lowest BCUT2D eigenvalue weighted by Crippen LogP contribution is -1.88. The van der Waals surface area contributed by atoms with Gasteiger partial charge in [-0.05, 0) is 6.08 Å². The van der Waals surface area contributed by atoms with Gasteiger partial charge in [0.25, 0.3) is 0 Å². The molecule has 0 atom stereocenters. The number of allylic oxidation sites excluding steroid dienone is 1. The summed E-state index contributed by atoms with van der Waals surface area (Å²) in [6.45, 7) is 3.05. The van der Waals surface area contributed by atoms with Gasteiger partial charge in [0.2, 0.25) is 5.78 Å². The normalized spacial score (nSPS) is 6.67. The zero-order valence-corrected chi connectivity index (χ0v) is 3.18. The molecule has 0 amide bonds. The van der Waals surface area contributed by atoms with Crippen molar-refractivity contribution in [1.29, 1.82) is 0 Å². The fourth-order valence-electron chi connectivity index (χ4n) is 0.0481. The molecule has 0 fully saturated rings. The van der Waals surface area contributed by atoms with Crippen LogP contribution in [-0.4, -0.2) is 12.1 Å². The van der Waals surface area contributed by atoms with Gasteiger partial charge in [-0.2, -0.15) is 0 Å². The van der Waals surface area contributed by atoms with E-state index in [-0.39, 0.29) is 6.29 Å². The van der Waals surface area contributed by atoms with Crippen LogP contribution in [0.1, 0.15) is 0 Å². The van der Waals surface area contributed by atoms with Crippen LogP contribution in [0.3, 0.4) is 0 Å². The van der Waals surface area contributed by atoms with Gasteiger partial charge in [-0.3, -0.25) is 9.59 Å². The number of rotatable bonds is 2. The third-order valence-corrected chi connectivity index (χ3v) is 0.317. The van der Waals surface area contributed by atoms with E-state index in [0.29, 0.717) is 0 Å². The lowest BCUT2D eigenvalue weighted by atomic mass is 10.4. The van der Waals surface area contributed by atoms with Crippen molar-refractivity contribution in [3.05, 3.63) is 12.7 Å². The van der Waals surface area contributed by atoms with Gasteiger partial charge in [0.15, 0.2) is 6.29 Å². The van der Waals surface area contributed by atoms with Crippen molar-refractivity contribution >= 4 is 12.1 Å². The molecule has 0 rings (SSSR count). The summed E-state index contributed by atoms with van der Waals surface area (Å²) in [7, 11) is 0. The molecule has 0 radical (unpaired) electrons. The van der Waals surface area contributed by atoms with Crippen molar-refractivity contribution < 1.29 is 9.59 Å². The molecule has 0 aliphatic heterocycles. The van der Waals surface area contributed by atoms with Crippen molar-refractivity contribution in [1.82, 2.24) is 0 Å². The third kappa shape index (κ3) is 1.40. The number of ketones is 1. The number of carbonyl (C=O) groups is 2. The molecule has 0 aliphatic carbocycles. The van der Waals surface area contributed by atoms with E-state index < -0.39 is 5.78 Å². The number of carbonyl (C=O) groups excluding carboxylic acids is 2. The molecule has 0 spiro atoms. The Morgan fingerprint density at radius 2 is 2.17 bits per heavy atom. The Balaban J connectivity index is 3.52. The minimum Gasteiger partial charge on any atom is -0.294 e. The van der Waals surface area contributed by atoms with Gasteiger partial charge < -0.3 is 0 Å². The molecule has 0 heterocycles. The van der Waals surface area contributed by atoms with Crippen LogP contribution in [0.15, 0.2) is 12.7 Å². The topological polar surface area (TPSA) is 34.1 Å². The summed E-state index contributed by atoms with van der Waals surface area (Å²) in [6, 6.07) is 0. The fraction of sp³-hybridized carbons (Fsp3) is 0. The van der Waals surface area contributed by atoms with Crippen molar-refractivity contribution in [2.45, 2.75) is 0 Å². The van der Waals surface area contributed by atoms with Gasteiger partial charge in [-0.1, -0.05) is 6.58 Å². The van der Waals surface area contributed by atoms with E-state index >= 15 is 0 Å². The molecule has 0 saturated heterocycles. The van der Waals surface area contributed by atoms with E-state index in [4.69, 9.17) is 0 Å². The quantitative estimate of drug-likeness (QED) is 0.267. The van der Waals surface area contributed by atoms with Crippen molar-refractivity contribution in [3.63, 3.8) is 0 Å². The lowest BCUT2D eigenvalue weighted by molar-refractivity contribution is -0.126. The molecule has 0 aromatic heterocycles. The Hall–Kier alpha value is -0.920. The number of aldehydes is 1. The molecular formula is C4H4O2. The Morgan fingerprint density at radius 3 is 2.17 bits per heavy atom.